The summed E-state index contributed by atoms with van der Waals surface area (Å²) in [6.07, 6.45) is 2.48. The Hall–Kier alpha value is -2.22. The van der Waals surface area contributed by atoms with Crippen molar-refractivity contribution in [1.29, 1.82) is 0 Å². The molecule has 2 aromatic rings. The molecule has 1 aliphatic heterocycles. The molecule has 7 nitrogen and oxygen atoms in total. The van der Waals surface area contributed by atoms with Gasteiger partial charge in [-0.05, 0) is 31.7 Å². The molecule has 0 saturated carbocycles. The number of sulfone groups is 1. The zero-order chi connectivity index (χ0) is 18.6. The predicted octanol–water partition coefficient (Wildman–Crippen LogP) is 2.06. The standard InChI is InChI=1S/C18H23N3O4S/c1-13-5-2-3-6-15(13)18-20-17(25-21-18)8-4-7-16(22)19-14-9-11-26(23,24)12-10-14/h2-3,5-6,14H,4,7-12H2,1H3,(H,19,22). The van der Waals surface area contributed by atoms with Crippen molar-refractivity contribution in [2.45, 2.75) is 45.1 Å². The van der Waals surface area contributed by atoms with E-state index in [1.165, 1.54) is 0 Å². The summed E-state index contributed by atoms with van der Waals surface area (Å²) in [6.45, 7) is 1.99. The Labute approximate surface area is 153 Å². The number of aryl methyl sites for hydroxylation is 2. The van der Waals surface area contributed by atoms with Crippen LogP contribution in [0.2, 0.25) is 0 Å². The van der Waals surface area contributed by atoms with Crippen molar-refractivity contribution in [2.75, 3.05) is 11.5 Å². The lowest BCUT2D eigenvalue weighted by atomic mass is 10.1. The third-order valence-corrected chi connectivity index (χ3v) is 6.28. The van der Waals surface area contributed by atoms with Crippen LogP contribution in [0.5, 0.6) is 0 Å². The maximum atomic E-state index is 12.0. The van der Waals surface area contributed by atoms with Crippen molar-refractivity contribution < 1.29 is 17.7 Å². The highest BCUT2D eigenvalue weighted by Crippen LogP contribution is 2.20. The van der Waals surface area contributed by atoms with Gasteiger partial charge in [0.25, 0.3) is 0 Å². The molecule has 26 heavy (non-hydrogen) atoms. The molecule has 0 bridgehead atoms. The molecule has 8 heteroatoms. The van der Waals surface area contributed by atoms with Gasteiger partial charge in [0.15, 0.2) is 0 Å². The molecule has 0 spiro atoms. The Morgan fingerprint density at radius 3 is 2.73 bits per heavy atom. The van der Waals surface area contributed by atoms with Crippen molar-refractivity contribution in [3.8, 4) is 11.4 Å². The van der Waals surface area contributed by atoms with Gasteiger partial charge in [0.05, 0.1) is 11.5 Å². The van der Waals surface area contributed by atoms with Gasteiger partial charge in [0.1, 0.15) is 9.84 Å². The van der Waals surface area contributed by atoms with Crippen molar-refractivity contribution in [1.82, 2.24) is 15.5 Å². The highest BCUT2D eigenvalue weighted by atomic mass is 32.2. The van der Waals surface area contributed by atoms with E-state index < -0.39 is 9.84 Å². The molecule has 0 radical (unpaired) electrons. The number of hydrogen-bond donors (Lipinski definition) is 1. The number of carbonyl (C=O) groups excluding carboxylic acids is 1. The van der Waals surface area contributed by atoms with Crippen LogP contribution in [-0.2, 0) is 21.1 Å². The number of rotatable bonds is 6. The van der Waals surface area contributed by atoms with Gasteiger partial charge >= 0.3 is 0 Å². The molecule has 2 heterocycles. The van der Waals surface area contributed by atoms with Crippen molar-refractivity contribution in [3.05, 3.63) is 35.7 Å². The van der Waals surface area contributed by atoms with E-state index in [2.05, 4.69) is 15.5 Å². The van der Waals surface area contributed by atoms with Crippen LogP contribution in [0.1, 0.15) is 37.1 Å². The lowest BCUT2D eigenvalue weighted by Gasteiger charge is -2.22. The first-order valence-electron chi connectivity index (χ1n) is 8.81. The van der Waals surface area contributed by atoms with Gasteiger partial charge in [-0.15, -0.1) is 0 Å². The van der Waals surface area contributed by atoms with E-state index in [1.807, 2.05) is 31.2 Å². The van der Waals surface area contributed by atoms with E-state index in [1.54, 1.807) is 0 Å². The van der Waals surface area contributed by atoms with Crippen LogP contribution < -0.4 is 5.32 Å². The zero-order valence-electron chi connectivity index (χ0n) is 14.8. The summed E-state index contributed by atoms with van der Waals surface area (Å²) in [5.74, 6) is 1.32. The van der Waals surface area contributed by atoms with E-state index in [-0.39, 0.29) is 23.5 Å². The lowest BCUT2D eigenvalue weighted by Crippen LogP contribution is -2.40. The Balaban J connectivity index is 1.44. The summed E-state index contributed by atoms with van der Waals surface area (Å²) >= 11 is 0. The molecular weight excluding hydrogens is 354 g/mol. The maximum absolute atomic E-state index is 12.0. The lowest BCUT2D eigenvalue weighted by molar-refractivity contribution is -0.121. The second-order valence-electron chi connectivity index (χ2n) is 6.67. The molecule has 1 amide bonds. The molecule has 1 aromatic heterocycles. The first kappa shape index (κ1) is 18.6. The second kappa shape index (κ2) is 7.99. The summed E-state index contributed by atoms with van der Waals surface area (Å²) in [4.78, 5) is 16.4. The zero-order valence-corrected chi connectivity index (χ0v) is 15.6. The highest BCUT2D eigenvalue weighted by Gasteiger charge is 2.24. The molecule has 0 aliphatic carbocycles. The maximum Gasteiger partial charge on any atom is 0.226 e. The quantitative estimate of drug-likeness (QED) is 0.827. The predicted molar refractivity (Wildman–Crippen MR) is 97.2 cm³/mol. The third kappa shape index (κ3) is 4.91. The van der Waals surface area contributed by atoms with Crippen molar-refractivity contribution in [2.24, 2.45) is 0 Å². The summed E-state index contributed by atoms with van der Waals surface area (Å²) in [7, 11) is -2.91. The molecule has 0 atom stereocenters. The van der Waals surface area contributed by atoms with Crippen LogP contribution >= 0.6 is 0 Å². The van der Waals surface area contributed by atoms with Crippen LogP contribution in [0, 0.1) is 6.92 Å². The number of amides is 1. The average Bonchev–Trinajstić information content (AvgIpc) is 3.06. The number of carbonyl (C=O) groups is 1. The molecule has 1 N–H and O–H groups in total. The van der Waals surface area contributed by atoms with E-state index in [0.717, 1.165) is 11.1 Å². The van der Waals surface area contributed by atoms with Gasteiger partial charge in [-0.2, -0.15) is 4.98 Å². The Morgan fingerprint density at radius 1 is 1.27 bits per heavy atom. The van der Waals surface area contributed by atoms with Gasteiger partial charge in [0.2, 0.25) is 17.6 Å². The fraction of sp³-hybridized carbons (Fsp3) is 0.500. The fourth-order valence-electron chi connectivity index (χ4n) is 3.02. The Kier molecular flexibility index (Phi) is 5.70. The Morgan fingerprint density at radius 2 is 2.00 bits per heavy atom. The summed E-state index contributed by atoms with van der Waals surface area (Å²) in [5.41, 5.74) is 2.02. The molecule has 1 fully saturated rings. The third-order valence-electron chi connectivity index (χ3n) is 4.57. The molecular formula is C18H23N3O4S. The van der Waals surface area contributed by atoms with Crippen molar-refractivity contribution >= 4 is 15.7 Å². The number of hydrogen-bond acceptors (Lipinski definition) is 6. The SMILES string of the molecule is Cc1ccccc1-c1noc(CCCC(=O)NC2CCS(=O)(=O)CC2)n1. The monoisotopic (exact) mass is 377 g/mol. The summed E-state index contributed by atoms with van der Waals surface area (Å²) in [5, 5.41) is 6.92. The van der Waals surface area contributed by atoms with Crippen LogP contribution in [-0.4, -0.2) is 42.0 Å². The van der Waals surface area contributed by atoms with Gasteiger partial charge in [-0.3, -0.25) is 4.79 Å². The first-order valence-corrected chi connectivity index (χ1v) is 10.6. The first-order chi connectivity index (χ1) is 12.4. The summed E-state index contributed by atoms with van der Waals surface area (Å²) < 4.78 is 28.1. The van der Waals surface area contributed by atoms with Gasteiger partial charge in [0, 0.05) is 24.4 Å². The number of nitrogens with one attached hydrogen (secondary N) is 1. The van der Waals surface area contributed by atoms with Crippen LogP contribution in [0.25, 0.3) is 11.4 Å². The molecule has 0 unspecified atom stereocenters. The van der Waals surface area contributed by atoms with Crippen molar-refractivity contribution in [3.63, 3.8) is 0 Å². The highest BCUT2D eigenvalue weighted by molar-refractivity contribution is 7.91. The van der Waals surface area contributed by atoms with Gasteiger partial charge in [-0.1, -0.05) is 29.4 Å². The minimum absolute atomic E-state index is 0.0397. The van der Waals surface area contributed by atoms with Gasteiger partial charge < -0.3 is 9.84 Å². The number of aromatic nitrogens is 2. The summed E-state index contributed by atoms with van der Waals surface area (Å²) in [6, 6.07) is 7.79. The Bertz CT molecular complexity index is 862. The van der Waals surface area contributed by atoms with Crippen LogP contribution in [0.15, 0.2) is 28.8 Å². The molecule has 140 valence electrons. The molecule has 1 aliphatic rings. The van der Waals surface area contributed by atoms with E-state index in [9.17, 15) is 13.2 Å². The normalized spacial score (nSPS) is 17.1. The fourth-order valence-corrected chi connectivity index (χ4v) is 4.52. The topological polar surface area (TPSA) is 102 Å². The van der Waals surface area contributed by atoms with E-state index in [0.29, 0.717) is 43.8 Å². The number of nitrogens with zero attached hydrogens (tertiary/aromatic N) is 2. The van der Waals surface area contributed by atoms with Crippen LogP contribution in [0.3, 0.4) is 0 Å². The molecule has 3 rings (SSSR count). The number of benzene rings is 1. The minimum Gasteiger partial charge on any atom is -0.353 e. The van der Waals surface area contributed by atoms with E-state index >= 15 is 0 Å². The molecule has 1 saturated heterocycles. The molecule has 1 aromatic carbocycles. The average molecular weight is 377 g/mol. The second-order valence-corrected chi connectivity index (χ2v) is 8.98. The minimum atomic E-state index is -2.91. The smallest absolute Gasteiger partial charge is 0.226 e. The largest absolute Gasteiger partial charge is 0.353 e. The van der Waals surface area contributed by atoms with Gasteiger partial charge in [-0.25, -0.2) is 8.42 Å². The van der Waals surface area contributed by atoms with E-state index in [4.69, 9.17) is 4.52 Å². The van der Waals surface area contributed by atoms with Crippen LogP contribution in [0.4, 0.5) is 0 Å².